The van der Waals surface area contributed by atoms with Crippen LogP contribution < -0.4 is 0 Å². The number of halogens is 1. The molecule has 0 spiro atoms. The number of hydrogen-bond donors (Lipinski definition) is 1. The molecule has 5 nitrogen and oxygen atoms in total. The largest absolute Gasteiger partial charge is 0.462 e. The molecule has 0 radical (unpaired) electrons. The maximum absolute atomic E-state index is 13.4. The van der Waals surface area contributed by atoms with Crippen LogP contribution in [0.25, 0.3) is 11.0 Å². The first-order chi connectivity index (χ1) is 10.0. The highest BCUT2D eigenvalue weighted by Crippen LogP contribution is 2.21. The minimum Gasteiger partial charge on any atom is -0.462 e. The molecule has 1 aliphatic heterocycles. The van der Waals surface area contributed by atoms with Crippen LogP contribution in [0.3, 0.4) is 0 Å². The highest BCUT2D eigenvalue weighted by molar-refractivity contribution is 5.76. The molecule has 2 aromatic rings. The molecule has 0 unspecified atom stereocenters. The summed E-state index contributed by atoms with van der Waals surface area (Å²) in [4.78, 5) is 15.7. The third-order valence-electron chi connectivity index (χ3n) is 3.81. The second-order valence-electron chi connectivity index (χ2n) is 5.44. The molecule has 1 N–H and O–H groups in total. The molecular weight excluding hydrogens is 275 g/mol. The van der Waals surface area contributed by atoms with Crippen LogP contribution in [-0.2, 0) is 16.1 Å². The lowest BCUT2D eigenvalue weighted by Crippen LogP contribution is -2.33. The quantitative estimate of drug-likeness (QED) is 0.878. The van der Waals surface area contributed by atoms with Gasteiger partial charge < -0.3 is 14.4 Å². The molecule has 0 aliphatic carbocycles. The van der Waals surface area contributed by atoms with Crippen molar-refractivity contribution in [3.8, 4) is 0 Å². The van der Waals surface area contributed by atoms with Crippen LogP contribution in [0, 0.1) is 12.7 Å². The zero-order chi connectivity index (χ0) is 15.0. The summed E-state index contributed by atoms with van der Waals surface area (Å²) in [5.41, 5.74) is 1.48. The van der Waals surface area contributed by atoms with Crippen LogP contribution in [-0.4, -0.2) is 32.8 Å². The Bertz CT molecular complexity index is 683. The molecule has 1 aromatic heterocycles. The van der Waals surface area contributed by atoms with E-state index < -0.39 is 6.10 Å². The first-order valence-corrected chi connectivity index (χ1v) is 7.03. The standard InChI is InChI=1S/C15H17FN2O3/c1-9-17-13-3-2-10(16)6-14(13)18(9)5-4-12-7-11(19)8-15(20)21-12/h2-3,6,11-12,19H,4-5,7-8H2,1H3/t11-,12-/m0/s1. The number of carbonyl (C=O) groups is 1. The van der Waals surface area contributed by atoms with Gasteiger partial charge in [0.05, 0.1) is 23.6 Å². The van der Waals surface area contributed by atoms with E-state index in [-0.39, 0.29) is 24.3 Å². The van der Waals surface area contributed by atoms with Crippen molar-refractivity contribution < 1.29 is 19.0 Å². The van der Waals surface area contributed by atoms with Crippen molar-refractivity contribution in [3.05, 3.63) is 29.8 Å². The number of cyclic esters (lactones) is 1. The number of aliphatic hydroxyl groups excluding tert-OH is 1. The minimum absolute atomic E-state index is 0.0642. The van der Waals surface area contributed by atoms with Crippen LogP contribution in [0.2, 0.25) is 0 Å². The number of hydrogen-bond acceptors (Lipinski definition) is 4. The average Bonchev–Trinajstić information content (AvgIpc) is 2.70. The SMILES string of the molecule is Cc1nc2ccc(F)cc2n1CC[C@H]1C[C@H](O)CC(=O)O1. The molecule has 0 saturated carbocycles. The Morgan fingerprint density at radius 3 is 3.10 bits per heavy atom. The number of ether oxygens (including phenoxy) is 1. The average molecular weight is 292 g/mol. The zero-order valence-corrected chi connectivity index (χ0v) is 11.8. The van der Waals surface area contributed by atoms with Crippen molar-refractivity contribution in [2.75, 3.05) is 0 Å². The Hall–Kier alpha value is -1.95. The predicted octanol–water partition coefficient (Wildman–Crippen LogP) is 1.94. The van der Waals surface area contributed by atoms with Crippen molar-refractivity contribution >= 4 is 17.0 Å². The summed E-state index contributed by atoms with van der Waals surface area (Å²) in [5, 5.41) is 9.60. The van der Waals surface area contributed by atoms with E-state index in [9.17, 15) is 14.3 Å². The summed E-state index contributed by atoms with van der Waals surface area (Å²) in [6.45, 7) is 2.43. The molecule has 0 amide bonds. The third kappa shape index (κ3) is 2.90. The fraction of sp³-hybridized carbons (Fsp3) is 0.467. The summed E-state index contributed by atoms with van der Waals surface area (Å²) >= 11 is 0. The second kappa shape index (κ2) is 5.44. The molecule has 3 rings (SSSR count). The van der Waals surface area contributed by atoms with Crippen LogP contribution >= 0.6 is 0 Å². The molecule has 1 aliphatic rings. The van der Waals surface area contributed by atoms with E-state index in [2.05, 4.69) is 4.98 Å². The van der Waals surface area contributed by atoms with Crippen molar-refractivity contribution in [2.24, 2.45) is 0 Å². The molecule has 1 aromatic carbocycles. The van der Waals surface area contributed by atoms with E-state index in [1.165, 1.54) is 12.1 Å². The van der Waals surface area contributed by atoms with E-state index in [1.54, 1.807) is 6.07 Å². The van der Waals surface area contributed by atoms with E-state index >= 15 is 0 Å². The summed E-state index contributed by atoms with van der Waals surface area (Å²) in [5.74, 6) is 0.124. The maximum Gasteiger partial charge on any atom is 0.308 e. The lowest BCUT2D eigenvalue weighted by atomic mass is 10.0. The summed E-state index contributed by atoms with van der Waals surface area (Å²) < 4.78 is 20.5. The summed E-state index contributed by atoms with van der Waals surface area (Å²) in [6.07, 6.45) is 0.160. The lowest BCUT2D eigenvalue weighted by Gasteiger charge is -2.26. The Labute approximate surface area is 121 Å². The predicted molar refractivity (Wildman–Crippen MR) is 74.2 cm³/mol. The number of nitrogens with zero attached hydrogens (tertiary/aromatic N) is 2. The molecule has 6 heteroatoms. The molecular formula is C15H17FN2O3. The highest BCUT2D eigenvalue weighted by atomic mass is 19.1. The number of esters is 1. The van der Waals surface area contributed by atoms with Gasteiger partial charge in [-0.2, -0.15) is 0 Å². The van der Waals surface area contributed by atoms with Gasteiger partial charge in [0.1, 0.15) is 17.7 Å². The monoisotopic (exact) mass is 292 g/mol. The van der Waals surface area contributed by atoms with E-state index in [0.717, 1.165) is 16.9 Å². The number of aromatic nitrogens is 2. The number of aryl methyl sites for hydroxylation is 2. The van der Waals surface area contributed by atoms with Crippen LogP contribution in [0.4, 0.5) is 4.39 Å². The van der Waals surface area contributed by atoms with Gasteiger partial charge in [0.2, 0.25) is 0 Å². The van der Waals surface area contributed by atoms with Crippen molar-refractivity contribution in [2.45, 2.75) is 44.9 Å². The number of carbonyl (C=O) groups excluding carboxylic acids is 1. The Morgan fingerprint density at radius 1 is 1.52 bits per heavy atom. The van der Waals surface area contributed by atoms with Crippen molar-refractivity contribution in [1.29, 1.82) is 0 Å². The summed E-state index contributed by atoms with van der Waals surface area (Å²) in [7, 11) is 0. The van der Waals surface area contributed by atoms with Gasteiger partial charge in [0, 0.05) is 19.4 Å². The van der Waals surface area contributed by atoms with Gasteiger partial charge in [-0.25, -0.2) is 9.37 Å². The minimum atomic E-state index is -0.630. The normalized spacial score (nSPS) is 22.5. The molecule has 2 atom stereocenters. The van der Waals surface area contributed by atoms with Gasteiger partial charge in [-0.3, -0.25) is 4.79 Å². The number of aliphatic hydroxyl groups is 1. The van der Waals surface area contributed by atoms with Gasteiger partial charge in [-0.1, -0.05) is 0 Å². The second-order valence-corrected chi connectivity index (χ2v) is 5.44. The summed E-state index contributed by atoms with van der Waals surface area (Å²) in [6, 6.07) is 4.49. The van der Waals surface area contributed by atoms with Crippen LogP contribution in [0.15, 0.2) is 18.2 Å². The smallest absolute Gasteiger partial charge is 0.308 e. The van der Waals surface area contributed by atoms with E-state index in [0.29, 0.717) is 19.4 Å². The lowest BCUT2D eigenvalue weighted by molar-refractivity contribution is -0.160. The molecule has 1 saturated heterocycles. The number of fused-ring (bicyclic) bond motifs is 1. The van der Waals surface area contributed by atoms with Gasteiger partial charge in [0.25, 0.3) is 0 Å². The zero-order valence-electron chi connectivity index (χ0n) is 11.8. The van der Waals surface area contributed by atoms with Gasteiger partial charge in [-0.05, 0) is 25.1 Å². The molecule has 21 heavy (non-hydrogen) atoms. The Balaban J connectivity index is 1.77. The fourth-order valence-electron chi connectivity index (χ4n) is 2.81. The van der Waals surface area contributed by atoms with E-state index in [1.807, 2.05) is 11.5 Å². The van der Waals surface area contributed by atoms with Gasteiger partial charge in [0.15, 0.2) is 0 Å². The molecule has 1 fully saturated rings. The molecule has 2 heterocycles. The van der Waals surface area contributed by atoms with Crippen LogP contribution in [0.5, 0.6) is 0 Å². The van der Waals surface area contributed by atoms with Gasteiger partial charge in [-0.15, -0.1) is 0 Å². The Morgan fingerprint density at radius 2 is 2.33 bits per heavy atom. The van der Waals surface area contributed by atoms with Crippen molar-refractivity contribution in [3.63, 3.8) is 0 Å². The number of rotatable bonds is 3. The first-order valence-electron chi connectivity index (χ1n) is 7.03. The fourth-order valence-corrected chi connectivity index (χ4v) is 2.81. The highest BCUT2D eigenvalue weighted by Gasteiger charge is 2.27. The topological polar surface area (TPSA) is 64.3 Å². The molecule has 112 valence electrons. The Kier molecular flexibility index (Phi) is 3.63. The maximum atomic E-state index is 13.4. The first kappa shape index (κ1) is 14.0. The number of benzene rings is 1. The van der Waals surface area contributed by atoms with E-state index in [4.69, 9.17) is 4.74 Å². The third-order valence-corrected chi connectivity index (χ3v) is 3.81. The molecule has 0 bridgehead atoms. The van der Waals surface area contributed by atoms with Gasteiger partial charge >= 0.3 is 5.97 Å². The number of imidazole rings is 1. The van der Waals surface area contributed by atoms with Crippen molar-refractivity contribution in [1.82, 2.24) is 9.55 Å². The van der Waals surface area contributed by atoms with Crippen LogP contribution in [0.1, 0.15) is 25.1 Å².